The van der Waals surface area contributed by atoms with Gasteiger partial charge in [0, 0.05) is 25.8 Å². The molecule has 1 saturated heterocycles. The molecule has 1 fully saturated rings. The van der Waals surface area contributed by atoms with Crippen LogP contribution in [0.1, 0.15) is 49.7 Å². The number of hydrogen-bond donors (Lipinski definition) is 0. The van der Waals surface area contributed by atoms with Crippen LogP contribution in [0.2, 0.25) is 0 Å². The molecule has 0 atom stereocenters. The molecule has 0 bridgehead atoms. The lowest BCUT2D eigenvalue weighted by Gasteiger charge is -2.34. The highest BCUT2D eigenvalue weighted by molar-refractivity contribution is 5.97. The summed E-state index contributed by atoms with van der Waals surface area (Å²) in [5.74, 6) is 0.495. The number of aromatic nitrogens is 1. The van der Waals surface area contributed by atoms with Crippen molar-refractivity contribution in [1.29, 1.82) is 0 Å². The van der Waals surface area contributed by atoms with Crippen molar-refractivity contribution in [3.05, 3.63) is 29.6 Å². The van der Waals surface area contributed by atoms with Gasteiger partial charge in [0.05, 0.1) is 17.8 Å². The van der Waals surface area contributed by atoms with Crippen LogP contribution in [0, 0.1) is 5.92 Å². The number of hydrogen-bond acceptors (Lipinski definition) is 4. The van der Waals surface area contributed by atoms with Crippen LogP contribution in [-0.4, -0.2) is 52.0 Å². The summed E-state index contributed by atoms with van der Waals surface area (Å²) in [5.41, 5.74) is 1.13. The number of piperidine rings is 1. The Morgan fingerprint density at radius 3 is 2.67 bits per heavy atom. The summed E-state index contributed by atoms with van der Waals surface area (Å²) < 4.78 is 5.42. The van der Waals surface area contributed by atoms with Gasteiger partial charge in [0.15, 0.2) is 0 Å². The van der Waals surface area contributed by atoms with Crippen LogP contribution < -0.4 is 0 Å². The fraction of sp³-hybridized carbons (Fsp3) is 0.611. The molecule has 0 spiro atoms. The molecule has 24 heavy (non-hydrogen) atoms. The quantitative estimate of drug-likeness (QED) is 0.836. The van der Waals surface area contributed by atoms with E-state index < -0.39 is 5.60 Å². The average Bonchev–Trinajstić information content (AvgIpc) is 2.83. The van der Waals surface area contributed by atoms with Crippen molar-refractivity contribution in [2.75, 3.05) is 19.6 Å². The molecule has 2 aliphatic rings. The molecule has 0 aliphatic carbocycles. The van der Waals surface area contributed by atoms with Crippen molar-refractivity contribution < 1.29 is 14.3 Å². The van der Waals surface area contributed by atoms with Gasteiger partial charge in [-0.1, -0.05) is 0 Å². The molecule has 3 rings (SSSR count). The van der Waals surface area contributed by atoms with Crippen molar-refractivity contribution in [2.45, 2.75) is 45.8 Å². The van der Waals surface area contributed by atoms with Gasteiger partial charge in [-0.3, -0.25) is 9.78 Å². The zero-order valence-electron chi connectivity index (χ0n) is 14.6. The topological polar surface area (TPSA) is 62.7 Å². The van der Waals surface area contributed by atoms with Crippen LogP contribution >= 0.6 is 0 Å². The fourth-order valence-corrected chi connectivity index (χ4v) is 3.27. The molecule has 0 aromatic carbocycles. The molecule has 0 radical (unpaired) electrons. The number of nitrogens with zero attached hydrogens (tertiary/aromatic N) is 3. The molecule has 0 unspecified atom stereocenters. The molecule has 130 valence electrons. The largest absolute Gasteiger partial charge is 0.444 e. The SMILES string of the molecule is CC(C)(C)OC(=O)N1CCC(CN2Cc3ncccc3C2=O)CC1. The van der Waals surface area contributed by atoms with Crippen molar-refractivity contribution in [3.8, 4) is 0 Å². The van der Waals surface area contributed by atoms with Gasteiger partial charge in [0.1, 0.15) is 5.60 Å². The summed E-state index contributed by atoms with van der Waals surface area (Å²) in [6.07, 6.45) is 3.28. The van der Waals surface area contributed by atoms with Crippen molar-refractivity contribution in [2.24, 2.45) is 5.92 Å². The van der Waals surface area contributed by atoms with Crippen molar-refractivity contribution in [1.82, 2.24) is 14.8 Å². The highest BCUT2D eigenvalue weighted by atomic mass is 16.6. The number of carbonyl (C=O) groups is 2. The molecule has 3 heterocycles. The molecule has 0 saturated carbocycles. The lowest BCUT2D eigenvalue weighted by molar-refractivity contribution is 0.0167. The molecule has 2 amide bonds. The monoisotopic (exact) mass is 331 g/mol. The van der Waals surface area contributed by atoms with E-state index in [1.807, 2.05) is 31.7 Å². The van der Waals surface area contributed by atoms with Gasteiger partial charge >= 0.3 is 6.09 Å². The predicted octanol–water partition coefficient (Wildman–Crippen LogP) is 2.68. The summed E-state index contributed by atoms with van der Waals surface area (Å²) in [7, 11) is 0. The van der Waals surface area contributed by atoms with Gasteiger partial charge in [0.2, 0.25) is 0 Å². The molecule has 1 aromatic rings. The average molecular weight is 331 g/mol. The summed E-state index contributed by atoms with van der Waals surface area (Å²) in [4.78, 5) is 32.4. The Kier molecular flexibility index (Phi) is 4.47. The third-order valence-corrected chi connectivity index (χ3v) is 4.49. The van der Waals surface area contributed by atoms with Crippen LogP contribution in [0.5, 0.6) is 0 Å². The maximum Gasteiger partial charge on any atom is 0.410 e. The Bertz CT molecular complexity index is 631. The Morgan fingerprint density at radius 2 is 2.04 bits per heavy atom. The lowest BCUT2D eigenvalue weighted by atomic mass is 9.96. The molecular weight excluding hydrogens is 306 g/mol. The van der Waals surface area contributed by atoms with Gasteiger partial charge in [-0.15, -0.1) is 0 Å². The van der Waals surface area contributed by atoms with E-state index in [1.165, 1.54) is 0 Å². The first kappa shape index (κ1) is 16.7. The van der Waals surface area contributed by atoms with Crippen LogP contribution in [0.3, 0.4) is 0 Å². The van der Waals surface area contributed by atoms with E-state index in [9.17, 15) is 9.59 Å². The van der Waals surface area contributed by atoms with Gasteiger partial charge in [0.25, 0.3) is 5.91 Å². The van der Waals surface area contributed by atoms with E-state index in [2.05, 4.69) is 4.98 Å². The first-order valence-corrected chi connectivity index (χ1v) is 8.54. The van der Waals surface area contributed by atoms with Crippen molar-refractivity contribution in [3.63, 3.8) is 0 Å². The maximum atomic E-state index is 12.4. The van der Waals surface area contributed by atoms with E-state index in [1.54, 1.807) is 17.2 Å². The summed E-state index contributed by atoms with van der Waals surface area (Å²) in [6.45, 7) is 8.34. The zero-order chi connectivity index (χ0) is 17.3. The minimum Gasteiger partial charge on any atom is -0.444 e. The number of fused-ring (bicyclic) bond motifs is 1. The molecular formula is C18H25N3O3. The summed E-state index contributed by atoms with van der Waals surface area (Å²) >= 11 is 0. The van der Waals surface area contributed by atoms with E-state index in [0.717, 1.165) is 30.6 Å². The van der Waals surface area contributed by atoms with Crippen LogP contribution in [0.25, 0.3) is 0 Å². The third-order valence-electron chi connectivity index (χ3n) is 4.49. The Balaban J connectivity index is 1.50. The standard InChI is InChI=1S/C18H25N3O3/c1-18(2,3)24-17(23)20-9-6-13(7-10-20)11-21-12-15-14(16(21)22)5-4-8-19-15/h4-5,8,13H,6-7,9-12H2,1-3H3. The highest BCUT2D eigenvalue weighted by Crippen LogP contribution is 2.25. The second-order valence-electron chi connectivity index (χ2n) is 7.59. The lowest BCUT2D eigenvalue weighted by Crippen LogP contribution is -2.43. The van der Waals surface area contributed by atoms with E-state index >= 15 is 0 Å². The summed E-state index contributed by atoms with van der Waals surface area (Å²) in [5, 5.41) is 0. The molecule has 1 aromatic heterocycles. The molecule has 6 nitrogen and oxygen atoms in total. The number of amides is 2. The number of pyridine rings is 1. The fourth-order valence-electron chi connectivity index (χ4n) is 3.27. The maximum absolute atomic E-state index is 12.4. The minimum atomic E-state index is -0.464. The van der Waals surface area contributed by atoms with Gasteiger partial charge in [-0.05, 0) is 51.7 Å². The first-order valence-electron chi connectivity index (χ1n) is 8.54. The van der Waals surface area contributed by atoms with Crippen LogP contribution in [0.15, 0.2) is 18.3 Å². The smallest absolute Gasteiger partial charge is 0.410 e. The minimum absolute atomic E-state index is 0.0765. The predicted molar refractivity (Wildman–Crippen MR) is 89.5 cm³/mol. The molecule has 2 aliphatic heterocycles. The second kappa shape index (κ2) is 6.42. The highest BCUT2D eigenvalue weighted by Gasteiger charge is 2.32. The van der Waals surface area contributed by atoms with Crippen LogP contribution in [-0.2, 0) is 11.3 Å². The zero-order valence-corrected chi connectivity index (χ0v) is 14.6. The van der Waals surface area contributed by atoms with Crippen LogP contribution in [0.4, 0.5) is 4.79 Å². The summed E-state index contributed by atoms with van der Waals surface area (Å²) in [6, 6.07) is 3.65. The van der Waals surface area contributed by atoms with E-state index in [-0.39, 0.29) is 12.0 Å². The van der Waals surface area contributed by atoms with Crippen molar-refractivity contribution >= 4 is 12.0 Å². The van der Waals surface area contributed by atoms with E-state index in [4.69, 9.17) is 4.74 Å². The van der Waals surface area contributed by atoms with Gasteiger partial charge < -0.3 is 14.5 Å². The Hall–Kier alpha value is -2.11. The molecule has 0 N–H and O–H groups in total. The second-order valence-corrected chi connectivity index (χ2v) is 7.59. The molecule has 6 heteroatoms. The van der Waals surface area contributed by atoms with Gasteiger partial charge in [-0.25, -0.2) is 4.79 Å². The first-order chi connectivity index (χ1) is 11.3. The third kappa shape index (κ3) is 3.68. The number of carbonyl (C=O) groups excluding carboxylic acids is 2. The number of likely N-dealkylation sites (tertiary alicyclic amines) is 1. The number of ether oxygens (including phenoxy) is 1. The Labute approximate surface area is 142 Å². The van der Waals surface area contributed by atoms with Gasteiger partial charge in [-0.2, -0.15) is 0 Å². The Morgan fingerprint density at radius 1 is 1.33 bits per heavy atom. The van der Waals surface area contributed by atoms with E-state index in [0.29, 0.717) is 25.6 Å². The normalized spacial score (nSPS) is 18.7. The number of rotatable bonds is 2.